The number of hydrogen-bond donors (Lipinski definition) is 2. The number of ether oxygens (including phenoxy) is 1. The Morgan fingerprint density at radius 1 is 1.58 bits per heavy atom. The Morgan fingerprint density at radius 2 is 2.42 bits per heavy atom. The van der Waals surface area contributed by atoms with E-state index in [4.69, 9.17) is 14.9 Å². The summed E-state index contributed by atoms with van der Waals surface area (Å²) < 4.78 is 5.32. The number of carbonyl (C=O) groups is 1. The molecule has 1 fully saturated rings. The molecule has 0 aliphatic carbocycles. The largest absolute Gasteiger partial charge is 0.394 e. The number of nitrogens with zero attached hydrogens (tertiary/aromatic N) is 1. The highest BCUT2D eigenvalue weighted by Gasteiger charge is 2.26. The van der Waals surface area contributed by atoms with Crippen LogP contribution in [0.3, 0.4) is 0 Å². The number of amides is 1. The Morgan fingerprint density at radius 3 is 3.16 bits per heavy atom. The quantitative estimate of drug-likeness (QED) is 0.744. The van der Waals surface area contributed by atoms with Crippen molar-refractivity contribution in [2.45, 2.75) is 6.10 Å². The summed E-state index contributed by atoms with van der Waals surface area (Å²) in [6.07, 6.45) is -0.315. The Labute approximate surface area is 115 Å². The van der Waals surface area contributed by atoms with Crippen molar-refractivity contribution in [2.24, 2.45) is 0 Å². The maximum Gasteiger partial charge on any atom is 0.265 e. The lowest BCUT2D eigenvalue weighted by Crippen LogP contribution is -2.46. The van der Waals surface area contributed by atoms with Gasteiger partial charge in [0.05, 0.1) is 19.3 Å². The Bertz CT molecular complexity index is 502. The van der Waals surface area contributed by atoms with E-state index >= 15 is 0 Å². The molecule has 2 rings (SSSR count). The van der Waals surface area contributed by atoms with Gasteiger partial charge < -0.3 is 19.8 Å². The van der Waals surface area contributed by atoms with E-state index in [2.05, 4.69) is 11.8 Å². The van der Waals surface area contributed by atoms with Crippen LogP contribution >= 0.6 is 11.3 Å². The lowest BCUT2D eigenvalue weighted by molar-refractivity contribution is -0.0446. The van der Waals surface area contributed by atoms with Gasteiger partial charge in [-0.15, -0.1) is 11.3 Å². The molecule has 1 unspecified atom stereocenters. The molecule has 1 aliphatic heterocycles. The smallest absolute Gasteiger partial charge is 0.265 e. The molecular formula is C13H15NO4S. The third-order valence-electron chi connectivity index (χ3n) is 2.79. The average molecular weight is 281 g/mol. The zero-order valence-corrected chi connectivity index (χ0v) is 11.2. The number of hydrogen-bond acceptors (Lipinski definition) is 5. The fraction of sp³-hybridized carbons (Fsp3) is 0.462. The number of morpholine rings is 1. The van der Waals surface area contributed by atoms with Crippen LogP contribution in [0.1, 0.15) is 15.2 Å². The second-order valence-corrected chi connectivity index (χ2v) is 4.97. The molecule has 1 aromatic rings. The van der Waals surface area contributed by atoms with Crippen molar-refractivity contribution in [2.75, 3.05) is 32.9 Å². The minimum absolute atomic E-state index is 0.0919. The molecule has 1 saturated heterocycles. The van der Waals surface area contributed by atoms with Crippen LogP contribution in [-0.4, -0.2) is 60.0 Å². The molecule has 2 heterocycles. The third-order valence-corrected chi connectivity index (χ3v) is 3.69. The predicted octanol–water partition coefficient (Wildman–Crippen LogP) is -0.0748. The maximum atomic E-state index is 12.4. The molecule has 0 aromatic carbocycles. The van der Waals surface area contributed by atoms with Gasteiger partial charge in [-0.25, -0.2) is 0 Å². The van der Waals surface area contributed by atoms with E-state index in [0.717, 1.165) is 0 Å². The first-order chi connectivity index (χ1) is 9.26. The van der Waals surface area contributed by atoms with Crippen LogP contribution in [0.2, 0.25) is 0 Å². The zero-order chi connectivity index (χ0) is 13.7. The third kappa shape index (κ3) is 3.33. The Kier molecular flexibility index (Phi) is 4.93. The highest BCUT2D eigenvalue weighted by Crippen LogP contribution is 2.19. The van der Waals surface area contributed by atoms with Crippen molar-refractivity contribution in [1.82, 2.24) is 4.90 Å². The van der Waals surface area contributed by atoms with Crippen molar-refractivity contribution >= 4 is 17.2 Å². The molecule has 6 heteroatoms. The van der Waals surface area contributed by atoms with Crippen LogP contribution in [-0.2, 0) is 4.74 Å². The molecule has 5 nitrogen and oxygen atoms in total. The highest BCUT2D eigenvalue weighted by atomic mass is 32.1. The summed E-state index contributed by atoms with van der Waals surface area (Å²) in [7, 11) is 0. The van der Waals surface area contributed by atoms with Gasteiger partial charge in [0, 0.05) is 18.7 Å². The molecule has 0 saturated carbocycles. The summed E-state index contributed by atoms with van der Waals surface area (Å²) in [6.45, 7) is 1.01. The fourth-order valence-corrected chi connectivity index (χ4v) is 2.68. The lowest BCUT2D eigenvalue weighted by atomic mass is 10.2. The van der Waals surface area contributed by atoms with Crippen molar-refractivity contribution in [3.8, 4) is 11.8 Å². The van der Waals surface area contributed by atoms with E-state index in [9.17, 15) is 4.79 Å². The second-order valence-electron chi connectivity index (χ2n) is 4.05. The van der Waals surface area contributed by atoms with E-state index in [1.54, 1.807) is 16.3 Å². The summed E-state index contributed by atoms with van der Waals surface area (Å²) in [5, 5.41) is 19.6. The van der Waals surface area contributed by atoms with Gasteiger partial charge in [-0.2, -0.15) is 0 Å². The number of carbonyl (C=O) groups excluding carboxylic acids is 1. The Balaban J connectivity index is 2.13. The molecule has 1 atom stereocenters. The molecule has 0 radical (unpaired) electrons. The lowest BCUT2D eigenvalue weighted by Gasteiger charge is -2.31. The normalized spacial score (nSPS) is 18.8. The monoisotopic (exact) mass is 281 g/mol. The number of thiophene rings is 1. The molecule has 19 heavy (non-hydrogen) atoms. The molecular weight excluding hydrogens is 266 g/mol. The van der Waals surface area contributed by atoms with Crippen LogP contribution in [0.15, 0.2) is 11.4 Å². The van der Waals surface area contributed by atoms with Gasteiger partial charge in [-0.05, 0) is 11.4 Å². The summed E-state index contributed by atoms with van der Waals surface area (Å²) in [4.78, 5) is 14.6. The van der Waals surface area contributed by atoms with Crippen molar-refractivity contribution in [3.63, 3.8) is 0 Å². The van der Waals surface area contributed by atoms with E-state index in [-0.39, 0.29) is 25.2 Å². The van der Waals surface area contributed by atoms with Gasteiger partial charge in [0.25, 0.3) is 5.91 Å². The minimum atomic E-state index is -0.315. The average Bonchev–Trinajstić information content (AvgIpc) is 2.92. The zero-order valence-electron chi connectivity index (χ0n) is 10.3. The first-order valence-corrected chi connectivity index (χ1v) is 6.83. The fourth-order valence-electron chi connectivity index (χ4n) is 1.87. The van der Waals surface area contributed by atoms with Gasteiger partial charge >= 0.3 is 0 Å². The molecule has 2 N–H and O–H groups in total. The van der Waals surface area contributed by atoms with E-state index < -0.39 is 0 Å². The number of aliphatic hydroxyl groups is 2. The molecule has 1 aliphatic rings. The van der Waals surface area contributed by atoms with Crippen LogP contribution in [0.4, 0.5) is 0 Å². The van der Waals surface area contributed by atoms with Crippen LogP contribution in [0.25, 0.3) is 0 Å². The molecule has 0 spiro atoms. The number of rotatable bonds is 2. The van der Waals surface area contributed by atoms with Gasteiger partial charge in [0.15, 0.2) is 0 Å². The van der Waals surface area contributed by atoms with Gasteiger partial charge in [-0.3, -0.25) is 4.79 Å². The first-order valence-electron chi connectivity index (χ1n) is 5.95. The molecule has 1 amide bonds. The maximum absolute atomic E-state index is 12.4. The SMILES string of the molecule is O=C(c1sccc1C#CCO)N1CCOC(CO)C1. The van der Waals surface area contributed by atoms with Crippen LogP contribution < -0.4 is 0 Å². The number of aliphatic hydroxyl groups excluding tert-OH is 2. The minimum Gasteiger partial charge on any atom is -0.394 e. The predicted molar refractivity (Wildman–Crippen MR) is 71.0 cm³/mol. The van der Waals surface area contributed by atoms with Crippen molar-refractivity contribution < 1.29 is 19.7 Å². The standard InChI is InChI=1S/C13H15NO4S/c15-5-1-2-10-3-7-19-12(10)13(17)14-4-6-18-11(8-14)9-16/h3,7,11,15-16H,4-6,8-9H2. The van der Waals surface area contributed by atoms with Gasteiger partial charge in [0.1, 0.15) is 11.5 Å². The topological polar surface area (TPSA) is 70.0 Å². The van der Waals surface area contributed by atoms with E-state index in [0.29, 0.717) is 30.1 Å². The van der Waals surface area contributed by atoms with E-state index in [1.807, 2.05) is 0 Å². The molecule has 0 bridgehead atoms. The van der Waals surface area contributed by atoms with Gasteiger partial charge in [0.2, 0.25) is 0 Å². The summed E-state index contributed by atoms with van der Waals surface area (Å²) >= 11 is 1.33. The van der Waals surface area contributed by atoms with Crippen molar-refractivity contribution in [1.29, 1.82) is 0 Å². The van der Waals surface area contributed by atoms with Crippen LogP contribution in [0, 0.1) is 11.8 Å². The van der Waals surface area contributed by atoms with E-state index in [1.165, 1.54) is 11.3 Å². The summed E-state index contributed by atoms with van der Waals surface area (Å²) in [6, 6.07) is 1.77. The summed E-state index contributed by atoms with van der Waals surface area (Å²) in [5.74, 6) is 5.22. The molecule has 102 valence electrons. The second kappa shape index (κ2) is 6.68. The van der Waals surface area contributed by atoms with Gasteiger partial charge in [-0.1, -0.05) is 11.8 Å². The first kappa shape index (κ1) is 14.0. The summed E-state index contributed by atoms with van der Waals surface area (Å²) in [5.41, 5.74) is 0.635. The molecule has 1 aromatic heterocycles. The van der Waals surface area contributed by atoms with Crippen LogP contribution in [0.5, 0.6) is 0 Å². The van der Waals surface area contributed by atoms with Crippen molar-refractivity contribution in [3.05, 3.63) is 21.9 Å². The highest BCUT2D eigenvalue weighted by molar-refractivity contribution is 7.12. The Hall–Kier alpha value is -1.39.